The molecular formula is C49H75NO13. The Bertz CT molecular complexity index is 1720. The van der Waals surface area contributed by atoms with E-state index in [1.165, 1.54) is 7.11 Å². The van der Waals surface area contributed by atoms with Crippen molar-refractivity contribution in [1.29, 1.82) is 0 Å². The van der Waals surface area contributed by atoms with Gasteiger partial charge in [-0.3, -0.25) is 19.2 Å². The van der Waals surface area contributed by atoms with Gasteiger partial charge in [0.2, 0.25) is 5.79 Å². The zero-order chi connectivity index (χ0) is 46.8. The van der Waals surface area contributed by atoms with Gasteiger partial charge in [0.25, 0.3) is 11.7 Å². The number of hydrogen-bond donors (Lipinski definition) is 5. The second-order valence-corrected chi connectivity index (χ2v) is 19.2. The van der Waals surface area contributed by atoms with Gasteiger partial charge in [-0.2, -0.15) is 0 Å². The molecule has 15 atom stereocenters. The normalized spacial score (nSPS) is 41.3. The standard InChI is InChI=1S/C49H75NO13/c1-28-14-10-9-11-15-29(2)39(52)26-36-19-17-34(7)49(60,63-36)46(57)47(58)50-21-13-12-16-37(50)48(59)62-42(31(4)24-35-18-20-38(51)41(54)25-35)27-40(53)30(3)23-33(6)44(56)45(61-8)43(55)32(5)22-28/h9-11,14-15,23,28,30-32,34-39,41-42,44-45,51-52,54,56,60H,12-13,16-22,24-27H2,1-8H3/b11-9+,14-10-,29-15+,33-23+. The first-order valence-corrected chi connectivity index (χ1v) is 23.2. The van der Waals surface area contributed by atoms with Crippen molar-refractivity contribution in [1.82, 2.24) is 4.90 Å². The number of methoxy groups -OCH3 is 1. The van der Waals surface area contributed by atoms with Crippen molar-refractivity contribution in [2.24, 2.45) is 35.5 Å². The molecule has 63 heavy (non-hydrogen) atoms. The van der Waals surface area contributed by atoms with Crippen LogP contribution in [0, 0.1) is 35.5 Å². The minimum Gasteiger partial charge on any atom is -0.460 e. The number of piperidine rings is 1. The van der Waals surface area contributed by atoms with E-state index in [4.69, 9.17) is 14.2 Å². The van der Waals surface area contributed by atoms with Crippen molar-refractivity contribution in [3.8, 4) is 0 Å². The monoisotopic (exact) mass is 886 g/mol. The number of amides is 1. The fourth-order valence-electron chi connectivity index (χ4n) is 9.61. The van der Waals surface area contributed by atoms with Crippen LogP contribution in [-0.2, 0) is 38.2 Å². The molecule has 1 amide bonds. The molecular weight excluding hydrogens is 811 g/mol. The number of carbonyl (C=O) groups excluding carboxylic acids is 5. The molecule has 1 aliphatic carbocycles. The van der Waals surface area contributed by atoms with Gasteiger partial charge >= 0.3 is 5.97 Å². The van der Waals surface area contributed by atoms with Gasteiger partial charge < -0.3 is 44.6 Å². The fraction of sp³-hybridized carbons (Fsp3) is 0.735. The van der Waals surface area contributed by atoms with Crippen molar-refractivity contribution in [3.05, 3.63) is 47.6 Å². The van der Waals surface area contributed by atoms with Crippen LogP contribution in [0.4, 0.5) is 0 Å². The van der Waals surface area contributed by atoms with Crippen LogP contribution in [-0.4, -0.2) is 128 Å². The summed E-state index contributed by atoms with van der Waals surface area (Å²) in [5, 5.41) is 54.8. The Morgan fingerprint density at radius 2 is 1.57 bits per heavy atom. The predicted octanol–water partition coefficient (Wildman–Crippen LogP) is 4.87. The summed E-state index contributed by atoms with van der Waals surface area (Å²) < 4.78 is 17.7. The summed E-state index contributed by atoms with van der Waals surface area (Å²) in [5.74, 6) is -8.57. The van der Waals surface area contributed by atoms with E-state index in [1.54, 1.807) is 58.9 Å². The van der Waals surface area contributed by atoms with Crippen LogP contribution < -0.4 is 0 Å². The third-order valence-corrected chi connectivity index (χ3v) is 13.9. The highest BCUT2D eigenvalue weighted by atomic mass is 16.6. The van der Waals surface area contributed by atoms with Crippen LogP contribution in [0.25, 0.3) is 0 Å². The van der Waals surface area contributed by atoms with Crippen LogP contribution in [0.3, 0.4) is 0 Å². The summed E-state index contributed by atoms with van der Waals surface area (Å²) >= 11 is 0. The molecule has 3 heterocycles. The highest BCUT2D eigenvalue weighted by molar-refractivity contribution is 6.39. The Morgan fingerprint density at radius 1 is 0.857 bits per heavy atom. The van der Waals surface area contributed by atoms with E-state index in [1.807, 2.05) is 26.0 Å². The number of rotatable bonds is 4. The number of hydrogen-bond acceptors (Lipinski definition) is 13. The minimum atomic E-state index is -2.49. The number of carbonyl (C=O) groups is 5. The van der Waals surface area contributed by atoms with Crippen molar-refractivity contribution in [2.75, 3.05) is 13.7 Å². The van der Waals surface area contributed by atoms with Crippen LogP contribution >= 0.6 is 0 Å². The van der Waals surface area contributed by atoms with Crippen LogP contribution in [0.5, 0.6) is 0 Å². The van der Waals surface area contributed by atoms with Gasteiger partial charge in [-0.25, -0.2) is 4.79 Å². The summed E-state index contributed by atoms with van der Waals surface area (Å²) in [7, 11) is 1.36. The molecule has 3 fully saturated rings. The van der Waals surface area contributed by atoms with Gasteiger partial charge in [0, 0.05) is 44.2 Å². The lowest BCUT2D eigenvalue weighted by Crippen LogP contribution is -2.61. The topological polar surface area (TPSA) is 217 Å². The molecule has 0 radical (unpaired) electrons. The van der Waals surface area contributed by atoms with E-state index in [2.05, 4.69) is 0 Å². The lowest BCUT2D eigenvalue weighted by atomic mass is 9.78. The van der Waals surface area contributed by atoms with Crippen molar-refractivity contribution in [2.45, 2.75) is 180 Å². The number of allylic oxidation sites excluding steroid dienone is 6. The molecule has 15 unspecified atom stereocenters. The molecule has 0 aromatic rings. The van der Waals surface area contributed by atoms with Crippen LogP contribution in [0.2, 0.25) is 0 Å². The zero-order valence-electron chi connectivity index (χ0n) is 38.7. The molecule has 4 aliphatic rings. The summed E-state index contributed by atoms with van der Waals surface area (Å²) in [6.45, 7) is 12.3. The molecule has 5 N–H and O–H groups in total. The van der Waals surface area contributed by atoms with Crippen molar-refractivity contribution in [3.63, 3.8) is 0 Å². The smallest absolute Gasteiger partial charge is 0.329 e. The lowest BCUT2D eigenvalue weighted by Gasteiger charge is -2.42. The molecule has 354 valence electrons. The average Bonchev–Trinajstić information content (AvgIpc) is 3.24. The first-order chi connectivity index (χ1) is 29.7. The maximum absolute atomic E-state index is 14.2. The molecule has 2 bridgehead atoms. The molecule has 14 heteroatoms. The van der Waals surface area contributed by atoms with Crippen LogP contribution in [0.1, 0.15) is 126 Å². The molecule has 0 aromatic heterocycles. The molecule has 0 spiro atoms. The summed E-state index contributed by atoms with van der Waals surface area (Å²) in [6, 6.07) is -1.18. The van der Waals surface area contributed by atoms with Gasteiger partial charge in [0.05, 0.1) is 24.4 Å². The Balaban J connectivity index is 1.69. The minimum absolute atomic E-state index is 0.0108. The number of ether oxygens (including phenoxy) is 3. The summed E-state index contributed by atoms with van der Waals surface area (Å²) in [5.41, 5.74) is 0.978. The van der Waals surface area contributed by atoms with Gasteiger partial charge in [-0.1, -0.05) is 71.1 Å². The average molecular weight is 886 g/mol. The molecule has 2 saturated heterocycles. The number of aliphatic hydroxyl groups excluding tert-OH is 4. The quantitative estimate of drug-likeness (QED) is 0.145. The molecule has 14 nitrogen and oxygen atoms in total. The summed E-state index contributed by atoms with van der Waals surface area (Å²) in [6.07, 6.45) is 7.96. The maximum atomic E-state index is 14.2. The zero-order valence-corrected chi connectivity index (χ0v) is 38.7. The molecule has 1 saturated carbocycles. The van der Waals surface area contributed by atoms with Gasteiger partial charge in [0.1, 0.15) is 30.1 Å². The number of Topliss-reactive ketones (excluding diaryl/α,β-unsaturated/α-hetero) is 3. The maximum Gasteiger partial charge on any atom is 0.329 e. The van der Waals surface area contributed by atoms with Gasteiger partial charge in [0.15, 0.2) is 5.78 Å². The van der Waals surface area contributed by atoms with Crippen molar-refractivity contribution < 1.29 is 63.7 Å². The Kier molecular flexibility index (Phi) is 19.7. The third-order valence-electron chi connectivity index (χ3n) is 13.9. The second-order valence-electron chi connectivity index (χ2n) is 19.2. The molecule has 3 aliphatic heterocycles. The number of ketones is 3. The first-order valence-electron chi connectivity index (χ1n) is 23.2. The number of fused-ring (bicyclic) bond motifs is 3. The van der Waals surface area contributed by atoms with Gasteiger partial charge in [-0.05, 0) is 107 Å². The van der Waals surface area contributed by atoms with Crippen LogP contribution in [0.15, 0.2) is 47.6 Å². The SMILES string of the molecule is COC1C(=O)C(C)CC(C)\C=C/C=C/C=C(\C)C(O)CC2CCC(C)C(O)(O2)C(=O)C(=O)N2CCCCC2C(=O)OC(C(C)CC2CCC(O)C(O)C2)CC(=O)C(C)/C=C(\C)C1O. The Hall–Kier alpha value is -3.37. The van der Waals surface area contributed by atoms with Crippen molar-refractivity contribution >= 4 is 29.2 Å². The number of esters is 1. The molecule has 0 aromatic carbocycles. The number of nitrogens with zero attached hydrogens (tertiary/aromatic N) is 1. The number of cyclic esters (lactones) is 1. The van der Waals surface area contributed by atoms with E-state index in [9.17, 15) is 49.5 Å². The van der Waals surface area contributed by atoms with Gasteiger partial charge in [-0.15, -0.1) is 0 Å². The summed E-state index contributed by atoms with van der Waals surface area (Å²) in [4.78, 5) is 71.2. The van der Waals surface area contributed by atoms with E-state index < -0.39 is 95.9 Å². The fourth-order valence-corrected chi connectivity index (χ4v) is 9.61. The third kappa shape index (κ3) is 13.8. The first kappa shape index (κ1) is 52.3. The van der Waals surface area contributed by atoms with E-state index in [-0.39, 0.29) is 49.2 Å². The lowest BCUT2D eigenvalue weighted by molar-refractivity contribution is -0.265. The van der Waals surface area contributed by atoms with E-state index in [0.717, 1.165) is 4.90 Å². The highest BCUT2D eigenvalue weighted by Gasteiger charge is 2.53. The molecule has 4 rings (SSSR count). The van der Waals surface area contributed by atoms with E-state index in [0.29, 0.717) is 68.9 Å². The Labute approximate surface area is 373 Å². The highest BCUT2D eigenvalue weighted by Crippen LogP contribution is 2.37. The largest absolute Gasteiger partial charge is 0.460 e. The number of aliphatic hydroxyl groups is 5. The predicted molar refractivity (Wildman–Crippen MR) is 236 cm³/mol. The van der Waals surface area contributed by atoms with E-state index >= 15 is 0 Å². The Morgan fingerprint density at radius 3 is 2.25 bits per heavy atom. The second kappa shape index (κ2) is 23.7.